The molecule has 0 saturated carbocycles. The van der Waals surface area contributed by atoms with Crippen molar-refractivity contribution in [3.8, 4) is 17.2 Å². The van der Waals surface area contributed by atoms with Crippen LogP contribution in [0.25, 0.3) is 0 Å². The zero-order valence-electron chi connectivity index (χ0n) is 20.6. The van der Waals surface area contributed by atoms with Gasteiger partial charge in [-0.05, 0) is 63.8 Å². The molecule has 2 aromatic carbocycles. The van der Waals surface area contributed by atoms with E-state index in [2.05, 4.69) is 0 Å². The molecule has 1 saturated heterocycles. The lowest BCUT2D eigenvalue weighted by atomic mass is 9.85. The molecule has 8 nitrogen and oxygen atoms in total. The number of amides is 1. The van der Waals surface area contributed by atoms with Gasteiger partial charge in [-0.3, -0.25) is 14.4 Å². The summed E-state index contributed by atoms with van der Waals surface area (Å²) in [5, 5.41) is 0. The summed E-state index contributed by atoms with van der Waals surface area (Å²) in [6.45, 7) is 2.89. The Hall–Kier alpha value is -3.39. The van der Waals surface area contributed by atoms with E-state index < -0.39 is 29.4 Å². The van der Waals surface area contributed by atoms with Crippen LogP contribution in [-0.2, 0) is 9.59 Å². The van der Waals surface area contributed by atoms with Crippen LogP contribution < -0.4 is 14.2 Å². The number of carbonyl (C=O) groups excluding carboxylic acids is 3. The maximum Gasteiger partial charge on any atom is 0.291 e. The lowest BCUT2D eigenvalue weighted by molar-refractivity contribution is -0.140. The molecule has 2 atom stereocenters. The third-order valence-electron chi connectivity index (χ3n) is 6.12. The van der Waals surface area contributed by atoms with Crippen LogP contribution >= 0.6 is 0 Å². The number of carbonyl (C=O) groups is 3. The molecule has 2 unspecified atom stereocenters. The number of aryl methyl sites for hydroxylation is 1. The molecule has 0 spiro atoms. The van der Waals surface area contributed by atoms with Gasteiger partial charge in [0.05, 0.1) is 27.4 Å². The van der Waals surface area contributed by atoms with Gasteiger partial charge in [-0.2, -0.15) is 0 Å². The molecule has 1 fully saturated rings. The highest BCUT2D eigenvalue weighted by Crippen LogP contribution is 2.45. The van der Waals surface area contributed by atoms with Gasteiger partial charge in [0.15, 0.2) is 17.3 Å². The van der Waals surface area contributed by atoms with E-state index in [0.29, 0.717) is 41.3 Å². The molecule has 34 heavy (non-hydrogen) atoms. The number of hydrogen-bond acceptors (Lipinski definition) is 7. The van der Waals surface area contributed by atoms with Crippen LogP contribution in [0.4, 0.5) is 0 Å². The zero-order chi connectivity index (χ0) is 25.0. The van der Waals surface area contributed by atoms with Gasteiger partial charge in [-0.1, -0.05) is 12.1 Å². The Morgan fingerprint density at radius 3 is 2.29 bits per heavy atom. The molecule has 0 bridgehead atoms. The van der Waals surface area contributed by atoms with Gasteiger partial charge < -0.3 is 24.0 Å². The van der Waals surface area contributed by atoms with Crippen molar-refractivity contribution >= 4 is 17.5 Å². The Morgan fingerprint density at radius 1 is 1.00 bits per heavy atom. The highest BCUT2D eigenvalue weighted by molar-refractivity contribution is 6.44. The number of ketones is 2. The van der Waals surface area contributed by atoms with E-state index in [4.69, 9.17) is 14.2 Å². The highest BCUT2D eigenvalue weighted by atomic mass is 16.5. The second kappa shape index (κ2) is 10.7. The highest BCUT2D eigenvalue weighted by Gasteiger charge is 2.52. The van der Waals surface area contributed by atoms with E-state index in [1.165, 1.54) is 19.1 Å². The summed E-state index contributed by atoms with van der Waals surface area (Å²) in [5.41, 5.74) is 1.68. The maximum absolute atomic E-state index is 13.7. The Bertz CT molecular complexity index is 1080. The number of methoxy groups -OCH3 is 3. The van der Waals surface area contributed by atoms with Gasteiger partial charge >= 0.3 is 0 Å². The summed E-state index contributed by atoms with van der Waals surface area (Å²) >= 11 is 0. The van der Waals surface area contributed by atoms with E-state index >= 15 is 0 Å². The van der Waals surface area contributed by atoms with Crippen molar-refractivity contribution in [1.82, 2.24) is 9.80 Å². The average Bonchev–Trinajstić information content (AvgIpc) is 3.07. The molecule has 182 valence electrons. The Labute approximate surface area is 200 Å². The molecule has 1 heterocycles. The van der Waals surface area contributed by atoms with Gasteiger partial charge in [0, 0.05) is 17.7 Å². The van der Waals surface area contributed by atoms with Crippen LogP contribution in [0.2, 0.25) is 0 Å². The van der Waals surface area contributed by atoms with Gasteiger partial charge in [0.2, 0.25) is 5.78 Å². The first kappa shape index (κ1) is 25.2. The average molecular weight is 469 g/mol. The summed E-state index contributed by atoms with van der Waals surface area (Å²) in [6.07, 6.45) is 0.650. The molecule has 0 aromatic heterocycles. The fraction of sp³-hybridized carbons (Fsp3) is 0.423. The van der Waals surface area contributed by atoms with Gasteiger partial charge in [0.25, 0.3) is 5.91 Å². The maximum atomic E-state index is 13.7. The topological polar surface area (TPSA) is 85.4 Å². The van der Waals surface area contributed by atoms with Gasteiger partial charge in [0.1, 0.15) is 11.7 Å². The number of hydrogen-bond donors (Lipinski definition) is 0. The second-order valence-electron chi connectivity index (χ2n) is 8.57. The minimum absolute atomic E-state index is 0.333. The largest absolute Gasteiger partial charge is 0.496 e. The molecule has 0 N–H and O–H groups in total. The van der Waals surface area contributed by atoms with Crippen LogP contribution in [-0.4, -0.2) is 75.8 Å². The molecule has 1 aliphatic rings. The van der Waals surface area contributed by atoms with E-state index in [9.17, 15) is 14.4 Å². The quantitative estimate of drug-likeness (QED) is 0.301. The minimum atomic E-state index is -1.19. The van der Waals surface area contributed by atoms with Gasteiger partial charge in [-0.15, -0.1) is 0 Å². The SMILES string of the molecule is COc1ccc(C(=O)C2C(=O)C(=O)N(CCCN(C)C)C2c2cccc(OC)c2OC)cc1C. The number of rotatable bonds is 10. The first-order valence-electron chi connectivity index (χ1n) is 11.1. The van der Waals surface area contributed by atoms with Crippen LogP contribution in [0.5, 0.6) is 17.2 Å². The summed E-state index contributed by atoms with van der Waals surface area (Å²) in [5.74, 6) is -1.46. The van der Waals surface area contributed by atoms with Crippen LogP contribution in [0.3, 0.4) is 0 Å². The Morgan fingerprint density at radius 2 is 1.71 bits per heavy atom. The van der Waals surface area contributed by atoms with E-state index in [0.717, 1.165) is 12.1 Å². The molecular formula is C26H32N2O6. The standard InChI is InChI=1S/C26H32N2O6/c1-16-15-17(11-12-19(16)32-4)23(29)21-22(18-9-7-10-20(33-5)25(18)34-6)28(26(31)24(21)30)14-8-13-27(2)3/h7,9-12,15,21-22H,8,13-14H2,1-6H3. The minimum Gasteiger partial charge on any atom is -0.496 e. The number of ether oxygens (including phenoxy) is 3. The summed E-state index contributed by atoms with van der Waals surface area (Å²) in [4.78, 5) is 43.6. The molecule has 1 amide bonds. The van der Waals surface area contributed by atoms with E-state index in [1.54, 1.807) is 43.5 Å². The first-order chi connectivity index (χ1) is 16.2. The lowest BCUT2D eigenvalue weighted by Crippen LogP contribution is -2.33. The number of nitrogens with zero attached hydrogens (tertiary/aromatic N) is 2. The van der Waals surface area contributed by atoms with Crippen LogP contribution in [0.15, 0.2) is 36.4 Å². The van der Waals surface area contributed by atoms with Crippen molar-refractivity contribution in [2.45, 2.75) is 19.4 Å². The summed E-state index contributed by atoms with van der Waals surface area (Å²) in [7, 11) is 8.46. The molecule has 1 aliphatic heterocycles. The van der Waals surface area contributed by atoms with Crippen molar-refractivity contribution in [3.63, 3.8) is 0 Å². The van der Waals surface area contributed by atoms with Crippen LogP contribution in [0, 0.1) is 12.8 Å². The van der Waals surface area contributed by atoms with Crippen LogP contribution in [0.1, 0.15) is 33.9 Å². The van der Waals surface area contributed by atoms with Crippen molar-refractivity contribution in [2.24, 2.45) is 5.92 Å². The third-order valence-corrected chi connectivity index (χ3v) is 6.12. The molecular weight excluding hydrogens is 436 g/mol. The number of likely N-dealkylation sites (tertiary alicyclic amines) is 1. The fourth-order valence-corrected chi connectivity index (χ4v) is 4.49. The fourth-order valence-electron chi connectivity index (χ4n) is 4.49. The van der Waals surface area contributed by atoms with Crippen molar-refractivity contribution in [3.05, 3.63) is 53.1 Å². The van der Waals surface area contributed by atoms with E-state index in [-0.39, 0.29) is 0 Å². The Balaban J connectivity index is 2.11. The summed E-state index contributed by atoms with van der Waals surface area (Å²) < 4.78 is 16.4. The molecule has 0 radical (unpaired) electrons. The predicted octanol–water partition coefficient (Wildman–Crippen LogP) is 2.92. The number of Topliss-reactive ketones (excluding diaryl/α,β-unsaturated/α-hetero) is 2. The molecule has 3 rings (SSSR count). The van der Waals surface area contributed by atoms with Crippen molar-refractivity contribution in [2.75, 3.05) is 48.5 Å². The smallest absolute Gasteiger partial charge is 0.291 e. The van der Waals surface area contributed by atoms with E-state index in [1.807, 2.05) is 25.9 Å². The number of para-hydroxylation sites is 1. The second-order valence-corrected chi connectivity index (χ2v) is 8.57. The molecule has 0 aliphatic carbocycles. The number of benzene rings is 2. The third kappa shape index (κ3) is 4.77. The molecule has 8 heteroatoms. The lowest BCUT2D eigenvalue weighted by Gasteiger charge is -2.29. The monoisotopic (exact) mass is 468 g/mol. The van der Waals surface area contributed by atoms with Crippen molar-refractivity contribution < 1.29 is 28.6 Å². The predicted molar refractivity (Wildman–Crippen MR) is 128 cm³/mol. The normalized spacial score (nSPS) is 17.9. The van der Waals surface area contributed by atoms with Gasteiger partial charge in [-0.25, -0.2) is 0 Å². The summed E-state index contributed by atoms with van der Waals surface area (Å²) in [6, 6.07) is 9.48. The zero-order valence-corrected chi connectivity index (χ0v) is 20.6. The first-order valence-corrected chi connectivity index (χ1v) is 11.1. The van der Waals surface area contributed by atoms with Crippen molar-refractivity contribution in [1.29, 1.82) is 0 Å². The Kier molecular flexibility index (Phi) is 7.94. The molecule has 2 aromatic rings.